The Balaban J connectivity index is 2.05. The van der Waals surface area contributed by atoms with E-state index < -0.39 is 0 Å². The first-order valence-corrected chi connectivity index (χ1v) is 8.17. The minimum atomic E-state index is 0.520. The summed E-state index contributed by atoms with van der Waals surface area (Å²) in [7, 11) is 0. The van der Waals surface area contributed by atoms with E-state index in [0.29, 0.717) is 11.3 Å². The molecule has 2 unspecified atom stereocenters. The Morgan fingerprint density at radius 2 is 2.26 bits per heavy atom. The van der Waals surface area contributed by atoms with Crippen molar-refractivity contribution in [3.63, 3.8) is 0 Å². The molecule has 1 fully saturated rings. The number of anilines is 1. The highest BCUT2D eigenvalue weighted by Crippen LogP contribution is 2.27. The van der Waals surface area contributed by atoms with Crippen molar-refractivity contribution in [3.05, 3.63) is 18.1 Å². The van der Waals surface area contributed by atoms with Gasteiger partial charge < -0.3 is 10.2 Å². The predicted molar refractivity (Wildman–Crippen MR) is 82.8 cm³/mol. The van der Waals surface area contributed by atoms with E-state index >= 15 is 0 Å². The summed E-state index contributed by atoms with van der Waals surface area (Å²) in [6.07, 6.45) is 4.90. The second-order valence-corrected chi connectivity index (χ2v) is 6.54. The zero-order chi connectivity index (χ0) is 13.7. The number of hydrogen-bond acceptors (Lipinski definition) is 5. The van der Waals surface area contributed by atoms with Crippen LogP contribution in [0.3, 0.4) is 0 Å². The molecule has 2 heterocycles. The van der Waals surface area contributed by atoms with Crippen LogP contribution in [0.25, 0.3) is 0 Å². The number of nitrogens with zero attached hydrogens (tertiary/aromatic N) is 3. The molecule has 0 aromatic carbocycles. The standard InChI is InChI=1S/C14H24N4S/c1-4-5-15-8-13-9-16-10-14(17-13)18-6-7-19-12(3)11(18)2/h9-12,15H,4-8H2,1-3H3. The first-order chi connectivity index (χ1) is 9.22. The molecule has 1 aliphatic heterocycles. The largest absolute Gasteiger partial charge is 0.351 e. The zero-order valence-corrected chi connectivity index (χ0v) is 12.9. The fourth-order valence-corrected chi connectivity index (χ4v) is 3.37. The molecule has 0 amide bonds. The van der Waals surface area contributed by atoms with E-state index in [2.05, 4.69) is 36.0 Å². The average Bonchev–Trinajstić information content (AvgIpc) is 2.43. The number of rotatable bonds is 5. The molecular weight excluding hydrogens is 256 g/mol. The Hall–Kier alpha value is -0.810. The summed E-state index contributed by atoms with van der Waals surface area (Å²) >= 11 is 2.04. The zero-order valence-electron chi connectivity index (χ0n) is 12.1. The van der Waals surface area contributed by atoms with Crippen LogP contribution in [0.1, 0.15) is 32.9 Å². The minimum Gasteiger partial charge on any atom is -0.351 e. The first-order valence-electron chi connectivity index (χ1n) is 7.12. The van der Waals surface area contributed by atoms with E-state index in [4.69, 9.17) is 4.98 Å². The molecule has 1 saturated heterocycles. The van der Waals surface area contributed by atoms with Crippen LogP contribution in [0.5, 0.6) is 0 Å². The van der Waals surface area contributed by atoms with Gasteiger partial charge in [0.05, 0.1) is 11.9 Å². The highest BCUT2D eigenvalue weighted by atomic mass is 32.2. The summed E-state index contributed by atoms with van der Waals surface area (Å²) in [5.74, 6) is 2.20. The lowest BCUT2D eigenvalue weighted by molar-refractivity contribution is 0.613. The maximum Gasteiger partial charge on any atom is 0.147 e. The smallest absolute Gasteiger partial charge is 0.147 e. The van der Waals surface area contributed by atoms with Gasteiger partial charge in [0.15, 0.2) is 0 Å². The summed E-state index contributed by atoms with van der Waals surface area (Å²) in [6.45, 7) is 9.64. The molecule has 2 atom stereocenters. The van der Waals surface area contributed by atoms with Crippen molar-refractivity contribution in [3.8, 4) is 0 Å². The average molecular weight is 280 g/mol. The number of nitrogens with one attached hydrogen (secondary N) is 1. The van der Waals surface area contributed by atoms with Crippen molar-refractivity contribution in [2.75, 3.05) is 23.7 Å². The van der Waals surface area contributed by atoms with E-state index in [0.717, 1.165) is 37.6 Å². The van der Waals surface area contributed by atoms with Gasteiger partial charge in [-0.15, -0.1) is 0 Å². The minimum absolute atomic E-state index is 0.520. The summed E-state index contributed by atoms with van der Waals surface area (Å²) < 4.78 is 0. The maximum absolute atomic E-state index is 4.74. The quantitative estimate of drug-likeness (QED) is 0.838. The van der Waals surface area contributed by atoms with Crippen molar-refractivity contribution in [2.45, 2.75) is 45.0 Å². The summed E-state index contributed by atoms with van der Waals surface area (Å²) in [6, 6.07) is 0.520. The van der Waals surface area contributed by atoms with E-state index in [1.165, 1.54) is 5.75 Å². The van der Waals surface area contributed by atoms with E-state index in [9.17, 15) is 0 Å². The molecule has 0 saturated carbocycles. The number of aromatic nitrogens is 2. The fraction of sp³-hybridized carbons (Fsp3) is 0.714. The van der Waals surface area contributed by atoms with Crippen LogP contribution in [0.2, 0.25) is 0 Å². The lowest BCUT2D eigenvalue weighted by Gasteiger charge is -2.38. The van der Waals surface area contributed by atoms with Crippen LogP contribution in [-0.2, 0) is 6.54 Å². The SMILES string of the molecule is CCCNCc1cncc(N2CCSC(C)C2C)n1. The van der Waals surface area contributed by atoms with Gasteiger partial charge in [-0.1, -0.05) is 13.8 Å². The van der Waals surface area contributed by atoms with Crippen LogP contribution in [-0.4, -0.2) is 40.1 Å². The summed E-state index contributed by atoms with van der Waals surface area (Å²) in [5, 5.41) is 4.03. The molecule has 1 aliphatic rings. The fourth-order valence-electron chi connectivity index (χ4n) is 2.27. The molecule has 0 bridgehead atoms. The van der Waals surface area contributed by atoms with Crippen molar-refractivity contribution in [2.24, 2.45) is 0 Å². The maximum atomic E-state index is 4.74. The summed E-state index contributed by atoms with van der Waals surface area (Å²) in [5.41, 5.74) is 1.03. The Kier molecular flexibility index (Phi) is 5.45. The molecule has 1 N–H and O–H groups in total. The normalized spacial score (nSPS) is 23.6. The molecule has 106 valence electrons. The van der Waals surface area contributed by atoms with Crippen LogP contribution in [0.4, 0.5) is 5.82 Å². The van der Waals surface area contributed by atoms with Crippen LogP contribution in [0.15, 0.2) is 12.4 Å². The summed E-state index contributed by atoms with van der Waals surface area (Å²) in [4.78, 5) is 11.5. The van der Waals surface area contributed by atoms with Gasteiger partial charge >= 0.3 is 0 Å². The number of thioether (sulfide) groups is 1. The Morgan fingerprint density at radius 1 is 1.42 bits per heavy atom. The topological polar surface area (TPSA) is 41.1 Å². The molecule has 0 radical (unpaired) electrons. The van der Waals surface area contributed by atoms with Crippen LogP contribution in [0, 0.1) is 0 Å². The molecule has 0 spiro atoms. The monoisotopic (exact) mass is 280 g/mol. The third kappa shape index (κ3) is 3.83. The Morgan fingerprint density at radius 3 is 3.05 bits per heavy atom. The second kappa shape index (κ2) is 7.10. The molecule has 0 aliphatic carbocycles. The second-order valence-electron chi connectivity index (χ2n) is 5.06. The van der Waals surface area contributed by atoms with Gasteiger partial charge in [0, 0.05) is 36.3 Å². The molecule has 5 heteroatoms. The van der Waals surface area contributed by atoms with E-state index in [1.807, 2.05) is 24.2 Å². The predicted octanol–water partition coefficient (Wildman–Crippen LogP) is 2.31. The van der Waals surface area contributed by atoms with E-state index in [-0.39, 0.29) is 0 Å². The third-order valence-corrected chi connectivity index (χ3v) is 4.92. The highest BCUT2D eigenvalue weighted by Gasteiger charge is 2.26. The van der Waals surface area contributed by atoms with Gasteiger partial charge in [-0.3, -0.25) is 4.98 Å². The molecular formula is C14H24N4S. The molecule has 4 nitrogen and oxygen atoms in total. The Labute approximate surface area is 120 Å². The van der Waals surface area contributed by atoms with Gasteiger partial charge in [0.2, 0.25) is 0 Å². The van der Waals surface area contributed by atoms with Gasteiger partial charge in [0.25, 0.3) is 0 Å². The van der Waals surface area contributed by atoms with Crippen LogP contribution >= 0.6 is 11.8 Å². The lowest BCUT2D eigenvalue weighted by Crippen LogP contribution is -2.45. The Bertz CT molecular complexity index is 399. The van der Waals surface area contributed by atoms with Gasteiger partial charge in [0.1, 0.15) is 5.82 Å². The van der Waals surface area contributed by atoms with Gasteiger partial charge in [-0.25, -0.2) is 4.98 Å². The van der Waals surface area contributed by atoms with Gasteiger partial charge in [-0.2, -0.15) is 11.8 Å². The van der Waals surface area contributed by atoms with Crippen molar-refractivity contribution in [1.29, 1.82) is 0 Å². The third-order valence-electron chi connectivity index (χ3n) is 3.58. The van der Waals surface area contributed by atoms with Crippen molar-refractivity contribution in [1.82, 2.24) is 15.3 Å². The first kappa shape index (κ1) is 14.6. The van der Waals surface area contributed by atoms with Crippen LogP contribution < -0.4 is 10.2 Å². The molecule has 1 aromatic heterocycles. The van der Waals surface area contributed by atoms with Crippen molar-refractivity contribution < 1.29 is 0 Å². The van der Waals surface area contributed by atoms with Crippen molar-refractivity contribution >= 4 is 17.6 Å². The van der Waals surface area contributed by atoms with Gasteiger partial charge in [-0.05, 0) is 19.9 Å². The highest BCUT2D eigenvalue weighted by molar-refractivity contribution is 8.00. The molecule has 2 rings (SSSR count). The molecule has 19 heavy (non-hydrogen) atoms. The molecule has 1 aromatic rings. The van der Waals surface area contributed by atoms with E-state index in [1.54, 1.807) is 0 Å². The number of hydrogen-bond donors (Lipinski definition) is 1. The lowest BCUT2D eigenvalue weighted by atomic mass is 10.2.